The lowest BCUT2D eigenvalue weighted by atomic mass is 9.89. The van der Waals surface area contributed by atoms with Crippen molar-refractivity contribution in [1.82, 2.24) is 0 Å². The van der Waals surface area contributed by atoms with Gasteiger partial charge in [-0.25, -0.2) is 4.39 Å². The molecule has 0 heterocycles. The van der Waals surface area contributed by atoms with E-state index in [2.05, 4.69) is 13.0 Å². The summed E-state index contributed by atoms with van der Waals surface area (Å²) in [5.74, 6) is 0.0231. The molecule has 0 bridgehead atoms. The summed E-state index contributed by atoms with van der Waals surface area (Å²) in [5.41, 5.74) is 3.07. The number of benzene rings is 2. The third-order valence-electron chi connectivity index (χ3n) is 4.05. The Bertz CT molecular complexity index is 614. The normalized spacial score (nSPS) is 16.2. The van der Waals surface area contributed by atoms with Gasteiger partial charge < -0.3 is 4.74 Å². The van der Waals surface area contributed by atoms with Crippen LogP contribution in [0.3, 0.4) is 0 Å². The first-order valence-corrected chi connectivity index (χ1v) is 6.58. The van der Waals surface area contributed by atoms with Crippen molar-refractivity contribution in [1.29, 1.82) is 0 Å². The topological polar surface area (TPSA) is 9.23 Å². The first-order valence-electron chi connectivity index (χ1n) is 6.58. The molecule has 3 rings (SSSR count). The minimum absolute atomic E-state index is 0.214. The lowest BCUT2D eigenvalue weighted by molar-refractivity contribution is 0.387. The van der Waals surface area contributed by atoms with E-state index in [-0.39, 0.29) is 11.2 Å². The molecule has 0 radical (unpaired) electrons. The van der Waals surface area contributed by atoms with Crippen LogP contribution >= 0.6 is 0 Å². The van der Waals surface area contributed by atoms with E-state index in [1.807, 2.05) is 30.3 Å². The molecule has 98 valence electrons. The SMILES string of the molecule is COc1cccc(-c2ccccc2C2(C)CC2)c1F. The van der Waals surface area contributed by atoms with Crippen LogP contribution in [0.4, 0.5) is 4.39 Å². The molecule has 1 nitrogen and oxygen atoms in total. The van der Waals surface area contributed by atoms with Crippen LogP contribution in [0, 0.1) is 5.82 Å². The van der Waals surface area contributed by atoms with Crippen molar-refractivity contribution < 1.29 is 9.13 Å². The average molecular weight is 256 g/mol. The molecule has 2 heteroatoms. The lowest BCUT2D eigenvalue weighted by Crippen LogP contribution is -2.03. The molecule has 1 saturated carbocycles. The monoisotopic (exact) mass is 256 g/mol. The molecule has 1 aliphatic carbocycles. The van der Waals surface area contributed by atoms with Gasteiger partial charge in [-0.05, 0) is 35.4 Å². The molecule has 0 unspecified atom stereocenters. The van der Waals surface area contributed by atoms with Crippen molar-refractivity contribution in [3.05, 3.63) is 53.8 Å². The maximum Gasteiger partial charge on any atom is 0.172 e. The highest BCUT2D eigenvalue weighted by Crippen LogP contribution is 2.51. The van der Waals surface area contributed by atoms with Crippen molar-refractivity contribution >= 4 is 0 Å². The first kappa shape index (κ1) is 12.2. The van der Waals surface area contributed by atoms with Gasteiger partial charge in [-0.1, -0.05) is 43.3 Å². The number of hydrogen-bond acceptors (Lipinski definition) is 1. The maximum absolute atomic E-state index is 14.4. The van der Waals surface area contributed by atoms with Crippen molar-refractivity contribution in [3.8, 4) is 16.9 Å². The van der Waals surface area contributed by atoms with Crippen molar-refractivity contribution in [2.45, 2.75) is 25.2 Å². The molecule has 0 spiro atoms. The molecule has 1 fully saturated rings. The minimum Gasteiger partial charge on any atom is -0.494 e. The Kier molecular flexibility index (Phi) is 2.81. The van der Waals surface area contributed by atoms with E-state index in [0.29, 0.717) is 11.3 Å². The Labute approximate surface area is 113 Å². The quantitative estimate of drug-likeness (QED) is 0.782. The Morgan fingerprint density at radius 2 is 1.68 bits per heavy atom. The molecule has 2 aromatic carbocycles. The number of hydrogen-bond donors (Lipinski definition) is 0. The average Bonchev–Trinajstić information content (AvgIpc) is 3.18. The maximum atomic E-state index is 14.4. The third kappa shape index (κ3) is 2.01. The summed E-state index contributed by atoms with van der Waals surface area (Å²) in [5, 5.41) is 0. The van der Waals surface area contributed by atoms with Gasteiger partial charge in [-0.3, -0.25) is 0 Å². The third-order valence-corrected chi connectivity index (χ3v) is 4.05. The second-order valence-corrected chi connectivity index (χ2v) is 5.43. The van der Waals surface area contributed by atoms with Crippen LogP contribution in [0.5, 0.6) is 5.75 Å². The number of halogens is 1. The molecule has 0 amide bonds. The molecule has 0 aromatic heterocycles. The summed E-state index contributed by atoms with van der Waals surface area (Å²) >= 11 is 0. The number of ether oxygens (including phenoxy) is 1. The summed E-state index contributed by atoms with van der Waals surface area (Å²) in [6.07, 6.45) is 2.35. The minimum atomic E-state index is -0.276. The number of rotatable bonds is 3. The second kappa shape index (κ2) is 4.37. The Morgan fingerprint density at radius 1 is 1.00 bits per heavy atom. The molecule has 0 N–H and O–H groups in total. The smallest absolute Gasteiger partial charge is 0.172 e. The summed E-state index contributed by atoms with van der Waals surface area (Å²) in [6.45, 7) is 2.24. The van der Waals surface area contributed by atoms with E-state index >= 15 is 0 Å². The fourth-order valence-electron chi connectivity index (χ4n) is 2.58. The van der Waals surface area contributed by atoms with Gasteiger partial charge in [0.05, 0.1) is 7.11 Å². The fourth-order valence-corrected chi connectivity index (χ4v) is 2.58. The Morgan fingerprint density at radius 3 is 2.37 bits per heavy atom. The summed E-state index contributed by atoms with van der Waals surface area (Å²) in [7, 11) is 1.50. The molecule has 1 aliphatic rings. The van der Waals surface area contributed by atoms with Crippen LogP contribution in [0.2, 0.25) is 0 Å². The predicted molar refractivity (Wildman–Crippen MR) is 75.0 cm³/mol. The molecular formula is C17H17FO. The van der Waals surface area contributed by atoms with Crippen LogP contribution in [-0.2, 0) is 5.41 Å². The van der Waals surface area contributed by atoms with Crippen LogP contribution in [0.15, 0.2) is 42.5 Å². The fraction of sp³-hybridized carbons (Fsp3) is 0.294. The van der Waals surface area contributed by atoms with Gasteiger partial charge in [-0.15, -0.1) is 0 Å². The zero-order valence-corrected chi connectivity index (χ0v) is 11.2. The lowest BCUT2D eigenvalue weighted by Gasteiger charge is -2.16. The van der Waals surface area contributed by atoms with E-state index in [1.54, 1.807) is 6.07 Å². The molecular weight excluding hydrogens is 239 g/mol. The zero-order chi connectivity index (χ0) is 13.5. The van der Waals surface area contributed by atoms with Gasteiger partial charge in [0.1, 0.15) is 0 Å². The Balaban J connectivity index is 2.18. The highest BCUT2D eigenvalue weighted by molar-refractivity contribution is 5.71. The summed E-state index contributed by atoms with van der Waals surface area (Å²) in [4.78, 5) is 0. The van der Waals surface area contributed by atoms with E-state index < -0.39 is 0 Å². The van der Waals surface area contributed by atoms with Gasteiger partial charge >= 0.3 is 0 Å². The van der Waals surface area contributed by atoms with Gasteiger partial charge in [-0.2, -0.15) is 0 Å². The zero-order valence-electron chi connectivity index (χ0n) is 11.2. The van der Waals surface area contributed by atoms with E-state index in [4.69, 9.17) is 4.74 Å². The number of methoxy groups -OCH3 is 1. The van der Waals surface area contributed by atoms with Crippen LogP contribution in [-0.4, -0.2) is 7.11 Å². The molecule has 0 aliphatic heterocycles. The van der Waals surface area contributed by atoms with E-state index in [9.17, 15) is 4.39 Å². The summed E-state index contributed by atoms with van der Waals surface area (Å²) < 4.78 is 19.5. The van der Waals surface area contributed by atoms with Crippen molar-refractivity contribution in [2.75, 3.05) is 7.11 Å². The van der Waals surface area contributed by atoms with Crippen molar-refractivity contribution in [2.24, 2.45) is 0 Å². The molecule has 0 atom stereocenters. The first-order chi connectivity index (χ1) is 9.15. The second-order valence-electron chi connectivity index (χ2n) is 5.43. The van der Waals surface area contributed by atoms with Gasteiger partial charge in [0.25, 0.3) is 0 Å². The van der Waals surface area contributed by atoms with Gasteiger partial charge in [0.15, 0.2) is 11.6 Å². The van der Waals surface area contributed by atoms with Crippen LogP contribution in [0.1, 0.15) is 25.3 Å². The van der Waals surface area contributed by atoms with Gasteiger partial charge in [0.2, 0.25) is 0 Å². The molecule has 2 aromatic rings. The van der Waals surface area contributed by atoms with Crippen molar-refractivity contribution in [3.63, 3.8) is 0 Å². The van der Waals surface area contributed by atoms with Crippen LogP contribution in [0.25, 0.3) is 11.1 Å². The van der Waals surface area contributed by atoms with E-state index in [1.165, 1.54) is 25.5 Å². The standard InChI is InChI=1S/C17H17FO/c1-17(10-11-17)14-8-4-3-6-12(14)13-7-5-9-15(19-2)16(13)18/h3-9H,10-11H2,1-2H3. The summed E-state index contributed by atoms with van der Waals surface area (Å²) in [6, 6.07) is 13.4. The highest BCUT2D eigenvalue weighted by Gasteiger charge is 2.40. The Hall–Kier alpha value is -1.83. The molecule has 0 saturated heterocycles. The highest BCUT2D eigenvalue weighted by atomic mass is 19.1. The predicted octanol–water partition coefficient (Wildman–Crippen LogP) is 4.55. The van der Waals surface area contributed by atoms with Crippen LogP contribution < -0.4 is 4.74 Å². The van der Waals surface area contributed by atoms with E-state index in [0.717, 1.165) is 5.56 Å². The van der Waals surface area contributed by atoms with Gasteiger partial charge in [0, 0.05) is 5.56 Å². The largest absolute Gasteiger partial charge is 0.494 e. The molecule has 19 heavy (non-hydrogen) atoms.